The molecule has 0 heterocycles. The summed E-state index contributed by atoms with van der Waals surface area (Å²) in [5.41, 5.74) is 1.39. The summed E-state index contributed by atoms with van der Waals surface area (Å²) in [5.74, 6) is -0.492. The van der Waals surface area contributed by atoms with Gasteiger partial charge in [-0.1, -0.05) is 41.4 Å². The summed E-state index contributed by atoms with van der Waals surface area (Å²) >= 11 is 11.9. The van der Waals surface area contributed by atoms with Crippen molar-refractivity contribution < 1.29 is 14.3 Å². The summed E-state index contributed by atoms with van der Waals surface area (Å²) in [4.78, 5) is 23.9. The molecule has 0 fully saturated rings. The van der Waals surface area contributed by atoms with E-state index in [0.717, 1.165) is 5.56 Å². The number of esters is 1. The van der Waals surface area contributed by atoms with Crippen LogP contribution in [0.15, 0.2) is 42.5 Å². The standard InChI is InChI=1S/C17H16Cl2N2O3/c1-2-24-16(22)13-5-3-4-6-15(13)21-17(23)20-10-11-7-8-12(18)9-14(11)19/h3-9H,2,10H2,1H3,(H2,20,21,23). The fraction of sp³-hybridized carbons (Fsp3) is 0.176. The van der Waals surface area contributed by atoms with Crippen LogP contribution in [-0.2, 0) is 11.3 Å². The van der Waals surface area contributed by atoms with Gasteiger partial charge in [-0.15, -0.1) is 0 Å². The van der Waals surface area contributed by atoms with E-state index in [9.17, 15) is 9.59 Å². The van der Waals surface area contributed by atoms with Gasteiger partial charge in [-0.3, -0.25) is 0 Å². The lowest BCUT2D eigenvalue weighted by molar-refractivity contribution is 0.0527. The van der Waals surface area contributed by atoms with E-state index in [1.54, 1.807) is 49.4 Å². The first-order valence-corrected chi connectivity index (χ1v) is 8.01. The highest BCUT2D eigenvalue weighted by molar-refractivity contribution is 6.35. The van der Waals surface area contributed by atoms with Crippen LogP contribution in [0.3, 0.4) is 0 Å². The number of halogens is 2. The zero-order valence-corrected chi connectivity index (χ0v) is 14.4. The number of carbonyl (C=O) groups is 2. The Morgan fingerprint density at radius 1 is 1.12 bits per heavy atom. The van der Waals surface area contributed by atoms with Crippen molar-refractivity contribution in [1.29, 1.82) is 0 Å². The maximum atomic E-state index is 12.1. The number of para-hydroxylation sites is 1. The largest absolute Gasteiger partial charge is 0.462 e. The molecule has 0 radical (unpaired) electrons. The van der Waals surface area contributed by atoms with Crippen molar-refractivity contribution in [1.82, 2.24) is 5.32 Å². The molecule has 0 saturated heterocycles. The Balaban J connectivity index is 2.01. The number of ether oxygens (including phenoxy) is 1. The molecule has 2 aromatic rings. The first kappa shape index (κ1) is 18.1. The quantitative estimate of drug-likeness (QED) is 0.765. The van der Waals surface area contributed by atoms with Crippen molar-refractivity contribution in [3.05, 3.63) is 63.6 Å². The molecule has 5 nitrogen and oxygen atoms in total. The van der Waals surface area contributed by atoms with Crippen LogP contribution in [-0.4, -0.2) is 18.6 Å². The fourth-order valence-corrected chi connectivity index (χ4v) is 2.46. The molecule has 2 aromatic carbocycles. The third kappa shape index (κ3) is 4.88. The third-order valence-corrected chi connectivity index (χ3v) is 3.71. The summed E-state index contributed by atoms with van der Waals surface area (Å²) in [7, 11) is 0. The van der Waals surface area contributed by atoms with Crippen molar-refractivity contribution in [3.8, 4) is 0 Å². The number of amides is 2. The molecular formula is C17H16Cl2N2O3. The van der Waals surface area contributed by atoms with Crippen LogP contribution in [0.4, 0.5) is 10.5 Å². The number of anilines is 1. The molecule has 0 aromatic heterocycles. The first-order valence-electron chi connectivity index (χ1n) is 7.26. The molecule has 0 aliphatic rings. The summed E-state index contributed by atoms with van der Waals surface area (Å²) in [6, 6.07) is 11.2. The summed E-state index contributed by atoms with van der Waals surface area (Å²) in [5, 5.41) is 6.30. The van der Waals surface area contributed by atoms with Crippen molar-refractivity contribution in [2.24, 2.45) is 0 Å². The van der Waals surface area contributed by atoms with Crippen molar-refractivity contribution in [2.75, 3.05) is 11.9 Å². The van der Waals surface area contributed by atoms with Gasteiger partial charge >= 0.3 is 12.0 Å². The monoisotopic (exact) mass is 366 g/mol. The average Bonchev–Trinajstić information content (AvgIpc) is 2.54. The van der Waals surface area contributed by atoms with Crippen LogP contribution in [0.5, 0.6) is 0 Å². The van der Waals surface area contributed by atoms with Crippen LogP contribution in [0.1, 0.15) is 22.8 Å². The molecule has 0 bridgehead atoms. The highest BCUT2D eigenvalue weighted by atomic mass is 35.5. The molecule has 2 N–H and O–H groups in total. The maximum Gasteiger partial charge on any atom is 0.340 e. The predicted octanol–water partition coefficient (Wildman–Crippen LogP) is 4.49. The zero-order valence-electron chi connectivity index (χ0n) is 12.9. The van der Waals surface area contributed by atoms with Gasteiger partial charge in [0.15, 0.2) is 0 Å². The number of rotatable bonds is 5. The van der Waals surface area contributed by atoms with Gasteiger partial charge in [0.2, 0.25) is 0 Å². The molecule has 126 valence electrons. The van der Waals surface area contributed by atoms with E-state index < -0.39 is 12.0 Å². The fourth-order valence-electron chi connectivity index (χ4n) is 1.99. The van der Waals surface area contributed by atoms with Gasteiger partial charge in [-0.05, 0) is 36.8 Å². The Labute approximate surface area is 149 Å². The molecule has 0 unspecified atom stereocenters. The lowest BCUT2D eigenvalue weighted by Gasteiger charge is -2.12. The molecule has 0 aliphatic heterocycles. The molecule has 7 heteroatoms. The van der Waals surface area contributed by atoms with Crippen LogP contribution in [0.2, 0.25) is 10.0 Å². The maximum absolute atomic E-state index is 12.1. The number of carbonyl (C=O) groups excluding carboxylic acids is 2. The molecule has 0 aliphatic carbocycles. The Morgan fingerprint density at radius 3 is 2.58 bits per heavy atom. The SMILES string of the molecule is CCOC(=O)c1ccccc1NC(=O)NCc1ccc(Cl)cc1Cl. The number of hydrogen-bond acceptors (Lipinski definition) is 3. The topological polar surface area (TPSA) is 67.4 Å². The van der Waals surface area contributed by atoms with Crippen LogP contribution < -0.4 is 10.6 Å². The van der Waals surface area contributed by atoms with Crippen molar-refractivity contribution >= 4 is 40.9 Å². The van der Waals surface area contributed by atoms with E-state index in [1.165, 1.54) is 0 Å². The zero-order chi connectivity index (χ0) is 17.5. The minimum Gasteiger partial charge on any atom is -0.462 e. The van der Waals surface area contributed by atoms with Gasteiger partial charge in [-0.2, -0.15) is 0 Å². The second-order valence-corrected chi connectivity index (χ2v) is 5.65. The predicted molar refractivity (Wildman–Crippen MR) is 94.7 cm³/mol. The second kappa shape index (κ2) is 8.57. The van der Waals surface area contributed by atoms with E-state index in [2.05, 4.69) is 10.6 Å². The normalized spacial score (nSPS) is 10.1. The van der Waals surface area contributed by atoms with E-state index >= 15 is 0 Å². The van der Waals surface area contributed by atoms with Gasteiger partial charge < -0.3 is 15.4 Å². The minimum absolute atomic E-state index is 0.226. The number of hydrogen-bond donors (Lipinski definition) is 2. The molecule has 24 heavy (non-hydrogen) atoms. The first-order chi connectivity index (χ1) is 11.5. The number of urea groups is 1. The molecule has 0 saturated carbocycles. The number of benzene rings is 2. The van der Waals surface area contributed by atoms with Gasteiger partial charge in [-0.25, -0.2) is 9.59 Å². The number of nitrogens with one attached hydrogen (secondary N) is 2. The molecule has 2 amide bonds. The van der Waals surface area contributed by atoms with E-state index in [-0.39, 0.29) is 13.2 Å². The van der Waals surface area contributed by atoms with E-state index in [4.69, 9.17) is 27.9 Å². The molecule has 2 rings (SSSR count). The van der Waals surface area contributed by atoms with Crippen LogP contribution in [0.25, 0.3) is 0 Å². The van der Waals surface area contributed by atoms with E-state index in [1.807, 2.05) is 0 Å². The van der Waals surface area contributed by atoms with Gasteiger partial charge in [0, 0.05) is 16.6 Å². The Morgan fingerprint density at radius 2 is 1.88 bits per heavy atom. The third-order valence-electron chi connectivity index (χ3n) is 3.13. The summed E-state index contributed by atoms with van der Waals surface area (Å²) in [6.45, 7) is 2.20. The summed E-state index contributed by atoms with van der Waals surface area (Å²) < 4.78 is 4.97. The van der Waals surface area contributed by atoms with Gasteiger partial charge in [0.25, 0.3) is 0 Å². The van der Waals surface area contributed by atoms with Crippen molar-refractivity contribution in [3.63, 3.8) is 0 Å². The highest BCUT2D eigenvalue weighted by Gasteiger charge is 2.14. The Kier molecular flexibility index (Phi) is 6.46. The van der Waals surface area contributed by atoms with Crippen LogP contribution >= 0.6 is 23.2 Å². The average molecular weight is 367 g/mol. The lowest BCUT2D eigenvalue weighted by atomic mass is 10.2. The van der Waals surface area contributed by atoms with Gasteiger partial charge in [0.1, 0.15) is 0 Å². The smallest absolute Gasteiger partial charge is 0.340 e. The van der Waals surface area contributed by atoms with E-state index in [0.29, 0.717) is 21.3 Å². The minimum atomic E-state index is -0.492. The molecular weight excluding hydrogens is 351 g/mol. The molecule has 0 atom stereocenters. The molecule has 0 spiro atoms. The highest BCUT2D eigenvalue weighted by Crippen LogP contribution is 2.21. The summed E-state index contributed by atoms with van der Waals surface area (Å²) in [6.07, 6.45) is 0. The Bertz CT molecular complexity index is 750. The van der Waals surface area contributed by atoms with Gasteiger partial charge in [0.05, 0.1) is 17.9 Å². The second-order valence-electron chi connectivity index (χ2n) is 4.81. The van der Waals surface area contributed by atoms with Crippen LogP contribution in [0, 0.1) is 0 Å². The Hall–Kier alpha value is -2.24. The van der Waals surface area contributed by atoms with Crippen molar-refractivity contribution in [2.45, 2.75) is 13.5 Å². The lowest BCUT2D eigenvalue weighted by Crippen LogP contribution is -2.29.